The summed E-state index contributed by atoms with van der Waals surface area (Å²) in [6, 6.07) is 23.3. The molecule has 0 aliphatic heterocycles. The van der Waals surface area contributed by atoms with Gasteiger partial charge in [0.15, 0.2) is 5.11 Å². The highest BCUT2D eigenvalue weighted by Gasteiger charge is 2.16. The second kappa shape index (κ2) is 13.2. The summed E-state index contributed by atoms with van der Waals surface area (Å²) in [5.41, 5.74) is 2.30. The summed E-state index contributed by atoms with van der Waals surface area (Å²) in [7, 11) is 0. The highest BCUT2D eigenvalue weighted by molar-refractivity contribution is 7.80. The maximum absolute atomic E-state index is 12.9. The van der Waals surface area contributed by atoms with E-state index in [-0.39, 0.29) is 17.1 Å². The number of anilines is 1. The standard InChI is InChI=1S/C27H29N3O4S/c1-3-33-16-17-34-22-13-9-12-21(18-22)25(31)30-27(35)29-24-15-8-7-14-23(24)26(32)28-19(2)20-10-5-4-6-11-20/h4-15,18-19H,3,16-17H2,1-2H3,(H,28,32)(H2,29,30,31,35). The van der Waals surface area contributed by atoms with Gasteiger partial charge in [0.2, 0.25) is 0 Å². The molecule has 3 N–H and O–H groups in total. The molecular formula is C27H29N3O4S. The maximum atomic E-state index is 12.9. The van der Waals surface area contributed by atoms with Crippen molar-refractivity contribution in [3.8, 4) is 5.75 Å². The van der Waals surface area contributed by atoms with E-state index in [1.165, 1.54) is 0 Å². The van der Waals surface area contributed by atoms with Gasteiger partial charge in [-0.25, -0.2) is 0 Å². The van der Waals surface area contributed by atoms with E-state index >= 15 is 0 Å². The third-order valence-electron chi connectivity index (χ3n) is 5.09. The molecule has 3 aromatic carbocycles. The normalized spacial score (nSPS) is 11.3. The minimum atomic E-state index is -0.391. The Morgan fingerprint density at radius 2 is 1.66 bits per heavy atom. The van der Waals surface area contributed by atoms with Crippen LogP contribution < -0.4 is 20.7 Å². The molecule has 0 heterocycles. The average Bonchev–Trinajstić information content (AvgIpc) is 2.87. The predicted molar refractivity (Wildman–Crippen MR) is 141 cm³/mol. The number of carbonyl (C=O) groups excluding carboxylic acids is 2. The Bertz CT molecular complexity index is 1150. The third kappa shape index (κ3) is 7.91. The van der Waals surface area contributed by atoms with Gasteiger partial charge in [0.1, 0.15) is 12.4 Å². The van der Waals surface area contributed by atoms with Crippen molar-refractivity contribution in [2.75, 3.05) is 25.1 Å². The van der Waals surface area contributed by atoms with Crippen LogP contribution >= 0.6 is 12.2 Å². The fraction of sp³-hybridized carbons (Fsp3) is 0.222. The minimum Gasteiger partial charge on any atom is -0.491 e. The number of nitrogens with one attached hydrogen (secondary N) is 3. The first kappa shape index (κ1) is 25.9. The molecule has 0 aromatic heterocycles. The molecule has 0 spiro atoms. The van der Waals surface area contributed by atoms with Crippen LogP contribution in [0.5, 0.6) is 5.75 Å². The Morgan fingerprint density at radius 3 is 2.43 bits per heavy atom. The molecule has 35 heavy (non-hydrogen) atoms. The van der Waals surface area contributed by atoms with Crippen molar-refractivity contribution < 1.29 is 19.1 Å². The lowest BCUT2D eigenvalue weighted by Crippen LogP contribution is -2.35. The zero-order valence-corrected chi connectivity index (χ0v) is 20.6. The molecule has 2 amide bonds. The zero-order valence-electron chi connectivity index (χ0n) is 19.7. The van der Waals surface area contributed by atoms with E-state index in [1.807, 2.05) is 44.2 Å². The Hall–Kier alpha value is -3.75. The Balaban J connectivity index is 1.60. The molecule has 7 nitrogen and oxygen atoms in total. The number of ether oxygens (including phenoxy) is 2. The number of rotatable bonds is 10. The van der Waals surface area contributed by atoms with Gasteiger partial charge in [-0.05, 0) is 62.0 Å². The molecule has 3 rings (SSSR count). The average molecular weight is 492 g/mol. The molecule has 182 valence electrons. The summed E-state index contributed by atoms with van der Waals surface area (Å²) in [4.78, 5) is 25.6. The van der Waals surface area contributed by atoms with Crippen LogP contribution in [0.25, 0.3) is 0 Å². The van der Waals surface area contributed by atoms with Crippen LogP contribution in [0.15, 0.2) is 78.9 Å². The molecular weight excluding hydrogens is 462 g/mol. The summed E-state index contributed by atoms with van der Waals surface area (Å²) in [5.74, 6) is -0.0846. The molecule has 1 atom stereocenters. The van der Waals surface area contributed by atoms with E-state index in [0.29, 0.717) is 42.4 Å². The summed E-state index contributed by atoms with van der Waals surface area (Å²) >= 11 is 5.33. The van der Waals surface area contributed by atoms with E-state index < -0.39 is 5.91 Å². The second-order valence-corrected chi connectivity index (χ2v) is 8.04. The quantitative estimate of drug-likeness (QED) is 0.281. The van der Waals surface area contributed by atoms with Crippen LogP contribution in [-0.2, 0) is 4.74 Å². The van der Waals surface area contributed by atoms with Gasteiger partial charge in [0.05, 0.1) is 23.9 Å². The van der Waals surface area contributed by atoms with Gasteiger partial charge in [-0.2, -0.15) is 0 Å². The molecule has 3 aromatic rings. The summed E-state index contributed by atoms with van der Waals surface area (Å²) in [6.45, 7) is 5.31. The number of benzene rings is 3. The largest absolute Gasteiger partial charge is 0.491 e. The molecule has 0 fully saturated rings. The molecule has 8 heteroatoms. The third-order valence-corrected chi connectivity index (χ3v) is 5.29. The fourth-order valence-corrected chi connectivity index (χ4v) is 3.51. The van der Waals surface area contributed by atoms with Gasteiger partial charge in [0.25, 0.3) is 11.8 Å². The fourth-order valence-electron chi connectivity index (χ4n) is 3.31. The molecule has 0 saturated heterocycles. The lowest BCUT2D eigenvalue weighted by molar-refractivity contribution is 0.0939. The minimum absolute atomic E-state index is 0.0778. The van der Waals surface area contributed by atoms with Crippen molar-refractivity contribution in [1.82, 2.24) is 10.6 Å². The van der Waals surface area contributed by atoms with Crippen molar-refractivity contribution >= 4 is 34.8 Å². The summed E-state index contributed by atoms with van der Waals surface area (Å²) in [5, 5.41) is 8.68. The van der Waals surface area contributed by atoms with Gasteiger partial charge >= 0.3 is 0 Å². The summed E-state index contributed by atoms with van der Waals surface area (Å²) in [6.07, 6.45) is 0. The maximum Gasteiger partial charge on any atom is 0.257 e. The first-order chi connectivity index (χ1) is 17.0. The lowest BCUT2D eigenvalue weighted by Gasteiger charge is -2.17. The molecule has 0 saturated carbocycles. The molecule has 1 unspecified atom stereocenters. The van der Waals surface area contributed by atoms with Crippen molar-refractivity contribution in [3.05, 3.63) is 95.6 Å². The molecule has 0 bridgehead atoms. The van der Waals surface area contributed by atoms with Gasteiger partial charge in [-0.15, -0.1) is 0 Å². The Kier molecular flexibility index (Phi) is 9.77. The van der Waals surface area contributed by atoms with Crippen LogP contribution in [0, 0.1) is 0 Å². The van der Waals surface area contributed by atoms with Crippen molar-refractivity contribution in [2.24, 2.45) is 0 Å². The van der Waals surface area contributed by atoms with Crippen LogP contribution in [0.1, 0.15) is 46.2 Å². The van der Waals surface area contributed by atoms with Gasteiger partial charge in [-0.3, -0.25) is 14.9 Å². The number of hydrogen-bond acceptors (Lipinski definition) is 5. The molecule has 0 radical (unpaired) electrons. The first-order valence-electron chi connectivity index (χ1n) is 11.4. The van der Waals surface area contributed by atoms with E-state index in [2.05, 4.69) is 16.0 Å². The van der Waals surface area contributed by atoms with Crippen molar-refractivity contribution in [2.45, 2.75) is 19.9 Å². The van der Waals surface area contributed by atoms with Crippen LogP contribution in [0.4, 0.5) is 5.69 Å². The van der Waals surface area contributed by atoms with Crippen molar-refractivity contribution in [3.63, 3.8) is 0 Å². The molecule has 0 aliphatic carbocycles. The van der Waals surface area contributed by atoms with E-state index in [1.54, 1.807) is 48.5 Å². The van der Waals surface area contributed by atoms with Crippen LogP contribution in [0.2, 0.25) is 0 Å². The lowest BCUT2D eigenvalue weighted by atomic mass is 10.1. The Labute approximate surface area is 210 Å². The van der Waals surface area contributed by atoms with E-state index in [4.69, 9.17) is 21.7 Å². The van der Waals surface area contributed by atoms with Crippen molar-refractivity contribution in [1.29, 1.82) is 0 Å². The zero-order chi connectivity index (χ0) is 25.0. The van der Waals surface area contributed by atoms with Gasteiger partial charge in [0, 0.05) is 12.2 Å². The first-order valence-corrected chi connectivity index (χ1v) is 11.8. The van der Waals surface area contributed by atoms with Gasteiger partial charge in [-0.1, -0.05) is 48.5 Å². The smallest absolute Gasteiger partial charge is 0.257 e. The number of amides is 2. The SMILES string of the molecule is CCOCCOc1cccc(C(=O)NC(=S)Nc2ccccc2C(=O)NC(C)c2ccccc2)c1. The number of carbonyl (C=O) groups is 2. The van der Waals surface area contributed by atoms with E-state index in [9.17, 15) is 9.59 Å². The van der Waals surface area contributed by atoms with E-state index in [0.717, 1.165) is 5.56 Å². The van der Waals surface area contributed by atoms with Crippen LogP contribution in [-0.4, -0.2) is 36.7 Å². The highest BCUT2D eigenvalue weighted by atomic mass is 32.1. The number of thiocarbonyl (C=S) groups is 1. The second-order valence-electron chi connectivity index (χ2n) is 7.63. The number of para-hydroxylation sites is 1. The monoisotopic (exact) mass is 491 g/mol. The number of hydrogen-bond donors (Lipinski definition) is 3. The summed E-state index contributed by atoms with van der Waals surface area (Å²) < 4.78 is 10.9. The highest BCUT2D eigenvalue weighted by Crippen LogP contribution is 2.18. The van der Waals surface area contributed by atoms with Crippen LogP contribution in [0.3, 0.4) is 0 Å². The topological polar surface area (TPSA) is 88.7 Å². The molecule has 0 aliphatic rings. The predicted octanol–water partition coefficient (Wildman–Crippen LogP) is 4.72. The van der Waals surface area contributed by atoms with Gasteiger partial charge < -0.3 is 20.1 Å². The Morgan fingerprint density at radius 1 is 0.914 bits per heavy atom.